The lowest BCUT2D eigenvalue weighted by molar-refractivity contribution is -0.128. The number of hydrogen-bond donors (Lipinski definition) is 1. The first-order valence-electron chi connectivity index (χ1n) is 8.18. The summed E-state index contributed by atoms with van der Waals surface area (Å²) in [6, 6.07) is 13.5. The Bertz CT molecular complexity index is 697. The highest BCUT2D eigenvalue weighted by Crippen LogP contribution is 2.22. The number of amides is 1. The smallest absolute Gasteiger partial charge is 0.261 e. The average Bonchev–Trinajstić information content (AvgIpc) is 2.61. The zero-order valence-corrected chi connectivity index (χ0v) is 14.8. The van der Waals surface area contributed by atoms with E-state index >= 15 is 0 Å². The van der Waals surface area contributed by atoms with Crippen LogP contribution >= 0.6 is 0 Å². The van der Waals surface area contributed by atoms with Gasteiger partial charge in [0, 0.05) is 6.54 Å². The summed E-state index contributed by atoms with van der Waals surface area (Å²) in [5.74, 6) is 1.43. The second-order valence-corrected chi connectivity index (χ2v) is 5.78. The first kappa shape index (κ1) is 17.9. The van der Waals surface area contributed by atoms with Crippen molar-refractivity contribution in [2.75, 3.05) is 7.11 Å². The molecule has 1 amide bonds. The maximum Gasteiger partial charge on any atom is 0.261 e. The Morgan fingerprint density at radius 3 is 2.62 bits per heavy atom. The van der Waals surface area contributed by atoms with Crippen LogP contribution in [-0.2, 0) is 11.3 Å². The van der Waals surface area contributed by atoms with Crippen LogP contribution in [0.2, 0.25) is 0 Å². The summed E-state index contributed by atoms with van der Waals surface area (Å²) < 4.78 is 11.1. The van der Waals surface area contributed by atoms with E-state index in [4.69, 9.17) is 9.47 Å². The number of nitrogens with one attached hydrogen (secondary N) is 1. The van der Waals surface area contributed by atoms with Crippen molar-refractivity contribution in [1.29, 1.82) is 0 Å². The topological polar surface area (TPSA) is 47.6 Å². The average molecular weight is 327 g/mol. The molecule has 128 valence electrons. The van der Waals surface area contributed by atoms with E-state index in [2.05, 4.69) is 5.32 Å². The Kier molecular flexibility index (Phi) is 6.24. The third-order valence-electron chi connectivity index (χ3n) is 4.09. The predicted molar refractivity (Wildman–Crippen MR) is 95.5 cm³/mol. The first-order chi connectivity index (χ1) is 11.5. The summed E-state index contributed by atoms with van der Waals surface area (Å²) in [5.41, 5.74) is 3.21. The van der Waals surface area contributed by atoms with E-state index in [9.17, 15) is 4.79 Å². The fraction of sp³-hybridized carbons (Fsp3) is 0.350. The van der Waals surface area contributed by atoms with Crippen LogP contribution in [-0.4, -0.2) is 19.1 Å². The Balaban J connectivity index is 1.99. The van der Waals surface area contributed by atoms with Crippen molar-refractivity contribution in [2.45, 2.75) is 39.8 Å². The highest BCUT2D eigenvalue weighted by molar-refractivity contribution is 5.81. The molecule has 2 aromatic carbocycles. The number of benzene rings is 2. The first-order valence-corrected chi connectivity index (χ1v) is 8.18. The van der Waals surface area contributed by atoms with Crippen LogP contribution in [0.15, 0.2) is 42.5 Å². The molecule has 1 unspecified atom stereocenters. The molecule has 0 radical (unpaired) electrons. The summed E-state index contributed by atoms with van der Waals surface area (Å²) in [6.45, 7) is 6.43. The van der Waals surface area contributed by atoms with Crippen molar-refractivity contribution in [2.24, 2.45) is 0 Å². The van der Waals surface area contributed by atoms with E-state index in [0.717, 1.165) is 28.2 Å². The van der Waals surface area contributed by atoms with Gasteiger partial charge in [0.25, 0.3) is 5.91 Å². The van der Waals surface area contributed by atoms with Gasteiger partial charge in [0.15, 0.2) is 6.10 Å². The third kappa shape index (κ3) is 4.51. The summed E-state index contributed by atoms with van der Waals surface area (Å²) in [6.07, 6.45) is 0.105. The van der Waals surface area contributed by atoms with Crippen LogP contribution in [0.5, 0.6) is 11.5 Å². The van der Waals surface area contributed by atoms with Gasteiger partial charge in [0.1, 0.15) is 11.5 Å². The highest BCUT2D eigenvalue weighted by Gasteiger charge is 2.19. The number of carbonyl (C=O) groups excluding carboxylic acids is 1. The monoisotopic (exact) mass is 327 g/mol. The van der Waals surface area contributed by atoms with Gasteiger partial charge >= 0.3 is 0 Å². The Labute approximate surface area is 143 Å². The van der Waals surface area contributed by atoms with E-state index in [1.807, 2.05) is 63.2 Å². The highest BCUT2D eigenvalue weighted by atomic mass is 16.5. The molecule has 0 aromatic heterocycles. The van der Waals surface area contributed by atoms with E-state index in [1.165, 1.54) is 0 Å². The Morgan fingerprint density at radius 1 is 1.17 bits per heavy atom. The largest absolute Gasteiger partial charge is 0.497 e. The molecule has 2 rings (SSSR count). The van der Waals surface area contributed by atoms with Gasteiger partial charge in [-0.2, -0.15) is 0 Å². The van der Waals surface area contributed by atoms with Crippen molar-refractivity contribution in [1.82, 2.24) is 5.32 Å². The minimum absolute atomic E-state index is 0.110. The van der Waals surface area contributed by atoms with Crippen molar-refractivity contribution >= 4 is 5.91 Å². The number of ether oxygens (including phenoxy) is 2. The second-order valence-electron chi connectivity index (χ2n) is 5.78. The summed E-state index contributed by atoms with van der Waals surface area (Å²) >= 11 is 0. The lowest BCUT2D eigenvalue weighted by Gasteiger charge is -2.19. The molecular weight excluding hydrogens is 302 g/mol. The molecule has 2 aromatic rings. The number of hydrogen-bond acceptors (Lipinski definition) is 3. The maximum atomic E-state index is 12.4. The van der Waals surface area contributed by atoms with Crippen molar-refractivity contribution in [3.8, 4) is 11.5 Å². The molecule has 1 N–H and O–H groups in total. The Morgan fingerprint density at radius 2 is 1.92 bits per heavy atom. The maximum absolute atomic E-state index is 12.4. The normalized spacial score (nSPS) is 11.7. The van der Waals surface area contributed by atoms with Crippen LogP contribution in [0.4, 0.5) is 0 Å². The number of methoxy groups -OCH3 is 1. The van der Waals surface area contributed by atoms with E-state index < -0.39 is 6.10 Å². The minimum Gasteiger partial charge on any atom is -0.497 e. The van der Waals surface area contributed by atoms with Gasteiger partial charge in [-0.05, 0) is 55.2 Å². The molecular formula is C20H25NO3. The SMILES string of the molecule is CCC(Oc1cccc(C)c1C)C(=O)NCc1cccc(OC)c1. The van der Waals surface area contributed by atoms with Crippen LogP contribution in [0, 0.1) is 13.8 Å². The van der Waals surface area contributed by atoms with Gasteiger partial charge in [-0.25, -0.2) is 0 Å². The van der Waals surface area contributed by atoms with Crippen LogP contribution in [0.1, 0.15) is 30.0 Å². The van der Waals surface area contributed by atoms with Crippen molar-refractivity contribution < 1.29 is 14.3 Å². The third-order valence-corrected chi connectivity index (χ3v) is 4.09. The second kappa shape index (κ2) is 8.39. The fourth-order valence-electron chi connectivity index (χ4n) is 2.41. The van der Waals surface area contributed by atoms with E-state index in [0.29, 0.717) is 13.0 Å². The van der Waals surface area contributed by atoms with Gasteiger partial charge in [0.2, 0.25) is 0 Å². The molecule has 0 saturated heterocycles. The van der Waals surface area contributed by atoms with Crippen LogP contribution in [0.3, 0.4) is 0 Å². The van der Waals surface area contributed by atoms with Gasteiger partial charge in [-0.15, -0.1) is 0 Å². The molecule has 0 heterocycles. The molecule has 0 spiro atoms. The molecule has 1 atom stereocenters. The minimum atomic E-state index is -0.504. The molecule has 0 fully saturated rings. The quantitative estimate of drug-likeness (QED) is 0.842. The van der Waals surface area contributed by atoms with Gasteiger partial charge in [0.05, 0.1) is 7.11 Å². The molecule has 0 aliphatic carbocycles. The van der Waals surface area contributed by atoms with Crippen molar-refractivity contribution in [3.63, 3.8) is 0 Å². The van der Waals surface area contributed by atoms with Crippen LogP contribution < -0.4 is 14.8 Å². The lowest BCUT2D eigenvalue weighted by atomic mass is 10.1. The fourth-order valence-corrected chi connectivity index (χ4v) is 2.41. The zero-order chi connectivity index (χ0) is 17.5. The summed E-state index contributed by atoms with van der Waals surface area (Å²) in [7, 11) is 1.63. The number of aryl methyl sites for hydroxylation is 1. The molecule has 0 bridgehead atoms. The standard InChI is InChI=1S/C20H25NO3/c1-5-18(24-19-11-6-8-14(2)15(19)3)20(22)21-13-16-9-7-10-17(12-16)23-4/h6-12,18H,5,13H2,1-4H3,(H,21,22). The predicted octanol–water partition coefficient (Wildman–Crippen LogP) is 3.79. The molecule has 4 heteroatoms. The summed E-state index contributed by atoms with van der Waals surface area (Å²) in [5, 5.41) is 2.94. The number of rotatable bonds is 7. The van der Waals surface area contributed by atoms with E-state index in [-0.39, 0.29) is 5.91 Å². The van der Waals surface area contributed by atoms with Crippen LogP contribution in [0.25, 0.3) is 0 Å². The number of carbonyl (C=O) groups is 1. The molecule has 0 aliphatic heterocycles. The molecule has 4 nitrogen and oxygen atoms in total. The van der Waals surface area contributed by atoms with E-state index in [1.54, 1.807) is 7.11 Å². The summed E-state index contributed by atoms with van der Waals surface area (Å²) in [4.78, 5) is 12.4. The molecule has 0 aliphatic rings. The van der Waals surface area contributed by atoms with Gasteiger partial charge < -0.3 is 14.8 Å². The van der Waals surface area contributed by atoms with Crippen molar-refractivity contribution in [3.05, 3.63) is 59.2 Å². The molecule has 0 saturated carbocycles. The lowest BCUT2D eigenvalue weighted by Crippen LogP contribution is -2.37. The van der Waals surface area contributed by atoms with Gasteiger partial charge in [-0.3, -0.25) is 4.79 Å². The molecule has 24 heavy (non-hydrogen) atoms. The zero-order valence-electron chi connectivity index (χ0n) is 14.8. The Hall–Kier alpha value is -2.49. The van der Waals surface area contributed by atoms with Gasteiger partial charge in [-0.1, -0.05) is 31.2 Å².